The first kappa shape index (κ1) is 35.5. The average Bonchev–Trinajstić information content (AvgIpc) is 3.37. The number of hydrogen-bond acceptors (Lipinski definition) is 8. The quantitative estimate of drug-likeness (QED) is 0.137. The van der Waals surface area contributed by atoms with Gasteiger partial charge in [-0.1, -0.05) is 0 Å². The number of piperidine rings is 1. The van der Waals surface area contributed by atoms with Crippen molar-refractivity contribution in [3.63, 3.8) is 0 Å². The molecule has 1 amide bonds. The third-order valence-corrected chi connectivity index (χ3v) is 8.44. The molecule has 0 saturated carbocycles. The highest BCUT2D eigenvalue weighted by atomic mass is 19.1. The lowest BCUT2D eigenvalue weighted by Crippen LogP contribution is -2.60. The van der Waals surface area contributed by atoms with Crippen molar-refractivity contribution >= 4 is 28.6 Å². The number of amides is 1. The molecule has 2 aliphatic heterocycles. The highest BCUT2D eigenvalue weighted by Crippen LogP contribution is 2.38. The zero-order chi connectivity index (χ0) is 34.6. The van der Waals surface area contributed by atoms with Gasteiger partial charge in [0.2, 0.25) is 0 Å². The Hall–Kier alpha value is -3.81. The van der Waals surface area contributed by atoms with Gasteiger partial charge in [0.1, 0.15) is 34.9 Å². The van der Waals surface area contributed by atoms with Gasteiger partial charge in [-0.05, 0) is 96.7 Å². The van der Waals surface area contributed by atoms with Crippen molar-refractivity contribution in [3.8, 4) is 5.75 Å². The summed E-state index contributed by atoms with van der Waals surface area (Å²) in [5.74, 6) is -2.18. The van der Waals surface area contributed by atoms with Gasteiger partial charge in [-0.15, -0.1) is 5.10 Å². The second kappa shape index (κ2) is 14.8. The number of nitrogens with two attached hydrogens (primary N) is 1. The van der Waals surface area contributed by atoms with Crippen molar-refractivity contribution < 1.29 is 37.3 Å². The van der Waals surface area contributed by atoms with Crippen LogP contribution in [0.15, 0.2) is 41.4 Å². The Labute approximate surface area is 280 Å². The van der Waals surface area contributed by atoms with Crippen LogP contribution in [0.2, 0.25) is 0 Å². The number of benzene rings is 2. The zero-order valence-electron chi connectivity index (χ0n) is 28.6. The summed E-state index contributed by atoms with van der Waals surface area (Å²) in [7, 11) is 0. The molecule has 0 bridgehead atoms. The molecule has 3 heterocycles. The van der Waals surface area contributed by atoms with Gasteiger partial charge in [0.15, 0.2) is 17.8 Å². The Balaban J connectivity index is 1.55. The van der Waals surface area contributed by atoms with Crippen LogP contribution in [0.25, 0.3) is 10.9 Å². The number of amidine groups is 1. The van der Waals surface area contributed by atoms with E-state index < -0.39 is 41.1 Å². The summed E-state index contributed by atoms with van der Waals surface area (Å²) < 4.78 is 60.1. The van der Waals surface area contributed by atoms with E-state index in [-0.39, 0.29) is 18.6 Å². The lowest BCUT2D eigenvalue weighted by Gasteiger charge is -2.46. The fourth-order valence-corrected chi connectivity index (χ4v) is 6.28. The summed E-state index contributed by atoms with van der Waals surface area (Å²) in [6.45, 7) is 12.8. The van der Waals surface area contributed by atoms with Gasteiger partial charge >= 0.3 is 6.09 Å². The minimum absolute atomic E-state index is 0.157. The largest absolute Gasteiger partial charge is 0.486 e. The number of likely N-dealkylation sites (tertiary alicyclic amines) is 1. The van der Waals surface area contributed by atoms with Crippen LogP contribution in [0.5, 0.6) is 5.75 Å². The van der Waals surface area contributed by atoms with Crippen molar-refractivity contribution in [1.82, 2.24) is 14.7 Å². The highest BCUT2D eigenvalue weighted by Gasteiger charge is 2.49. The molecule has 13 heteroatoms. The lowest BCUT2D eigenvalue weighted by atomic mass is 9.89. The first-order valence-corrected chi connectivity index (χ1v) is 16.7. The Kier molecular flexibility index (Phi) is 10.9. The molecule has 3 unspecified atom stereocenters. The van der Waals surface area contributed by atoms with E-state index >= 15 is 0 Å². The van der Waals surface area contributed by atoms with Crippen molar-refractivity contribution in [3.05, 3.63) is 53.6 Å². The first-order valence-electron chi connectivity index (χ1n) is 16.7. The molecule has 0 aliphatic carbocycles. The highest BCUT2D eigenvalue weighted by molar-refractivity contribution is 5.95. The number of hydrogen-bond donors (Lipinski definition) is 1. The maximum atomic E-state index is 13.9. The molecule has 2 saturated heterocycles. The topological polar surface area (TPSA) is 123 Å². The molecule has 3 atom stereocenters. The molecule has 2 aliphatic rings. The van der Waals surface area contributed by atoms with Gasteiger partial charge in [-0.2, -0.15) is 0 Å². The molecule has 11 nitrogen and oxygen atoms in total. The number of aromatic nitrogens is 2. The molecule has 262 valence electrons. The summed E-state index contributed by atoms with van der Waals surface area (Å²) in [5, 5.41) is 5.51. The molecular formula is C35H47F2N5O6. The summed E-state index contributed by atoms with van der Waals surface area (Å²) in [6, 6.07) is 8.74. The third-order valence-electron chi connectivity index (χ3n) is 8.44. The van der Waals surface area contributed by atoms with Crippen LogP contribution < -0.4 is 10.5 Å². The van der Waals surface area contributed by atoms with Crippen LogP contribution in [-0.4, -0.2) is 70.9 Å². The molecular weight excluding hydrogens is 624 g/mol. The van der Waals surface area contributed by atoms with Gasteiger partial charge in [0.25, 0.3) is 0 Å². The molecule has 1 aromatic heterocycles. The minimum atomic E-state index is -1.12. The van der Waals surface area contributed by atoms with Gasteiger partial charge in [0, 0.05) is 45.4 Å². The van der Waals surface area contributed by atoms with Gasteiger partial charge in [0.05, 0.1) is 16.8 Å². The van der Waals surface area contributed by atoms with Crippen molar-refractivity contribution in [2.75, 3.05) is 32.9 Å². The predicted molar refractivity (Wildman–Crippen MR) is 177 cm³/mol. The first-order chi connectivity index (χ1) is 22.8. The maximum absolute atomic E-state index is 13.9. The molecule has 48 heavy (non-hydrogen) atoms. The van der Waals surface area contributed by atoms with Crippen LogP contribution in [-0.2, 0) is 18.9 Å². The molecule has 3 aromatic rings. The minimum Gasteiger partial charge on any atom is -0.486 e. The summed E-state index contributed by atoms with van der Waals surface area (Å²) in [6.07, 6.45) is 1.69. The van der Waals surface area contributed by atoms with Gasteiger partial charge in [-0.3, -0.25) is 0 Å². The number of ether oxygens (including phenoxy) is 5. The number of nitrogens with zero attached hydrogens (tertiary/aromatic N) is 4. The van der Waals surface area contributed by atoms with Crippen LogP contribution in [0.3, 0.4) is 0 Å². The van der Waals surface area contributed by atoms with E-state index in [9.17, 15) is 13.6 Å². The van der Waals surface area contributed by atoms with E-state index in [4.69, 9.17) is 39.5 Å². The fourth-order valence-electron chi connectivity index (χ4n) is 6.28. The second-order valence-corrected chi connectivity index (χ2v) is 13.2. The van der Waals surface area contributed by atoms with Gasteiger partial charge in [-0.25, -0.2) is 23.2 Å². The van der Waals surface area contributed by atoms with E-state index in [0.717, 1.165) is 30.8 Å². The SMILES string of the molecule is CCOC1(OCC)CCN(C(=O)OC(C)(C)C)CC1C(N)=Nc1nn(C2CCCCO2)c2ccc(OC(C)c3cc(F)cc(F)c3)cc12. The molecule has 2 aromatic carbocycles. The van der Waals surface area contributed by atoms with Crippen LogP contribution in [0.4, 0.5) is 19.4 Å². The summed E-state index contributed by atoms with van der Waals surface area (Å²) >= 11 is 0. The number of fused-ring (bicyclic) bond motifs is 1. The fraction of sp³-hybridized carbons (Fsp3) is 0.571. The Bertz CT molecular complexity index is 1590. The van der Waals surface area contributed by atoms with Crippen LogP contribution in [0, 0.1) is 17.6 Å². The Morgan fingerprint density at radius 3 is 2.46 bits per heavy atom. The van der Waals surface area contributed by atoms with E-state index in [1.807, 2.05) is 45.4 Å². The molecule has 5 rings (SSSR count). The number of carbonyl (C=O) groups is 1. The number of carbonyl (C=O) groups excluding carboxylic acids is 1. The Morgan fingerprint density at radius 1 is 1.12 bits per heavy atom. The van der Waals surface area contributed by atoms with Crippen LogP contribution in [0.1, 0.15) is 85.1 Å². The third kappa shape index (κ3) is 8.07. The maximum Gasteiger partial charge on any atom is 0.410 e. The molecule has 2 N–H and O–H groups in total. The summed E-state index contributed by atoms with van der Waals surface area (Å²) in [4.78, 5) is 19.6. The number of halogens is 2. The van der Waals surface area contributed by atoms with Crippen molar-refractivity contribution in [2.45, 2.75) is 90.9 Å². The molecule has 2 fully saturated rings. The van der Waals surface area contributed by atoms with E-state index in [1.54, 1.807) is 24.0 Å². The smallest absolute Gasteiger partial charge is 0.410 e. The van der Waals surface area contributed by atoms with E-state index in [1.165, 1.54) is 12.1 Å². The lowest BCUT2D eigenvalue weighted by molar-refractivity contribution is -0.267. The number of rotatable bonds is 10. The van der Waals surface area contributed by atoms with Crippen molar-refractivity contribution in [2.24, 2.45) is 16.6 Å². The normalized spacial score (nSPS) is 20.9. The molecule has 0 radical (unpaired) electrons. The average molecular weight is 672 g/mol. The van der Waals surface area contributed by atoms with Crippen molar-refractivity contribution in [1.29, 1.82) is 0 Å². The van der Waals surface area contributed by atoms with Crippen LogP contribution >= 0.6 is 0 Å². The monoisotopic (exact) mass is 671 g/mol. The van der Waals surface area contributed by atoms with E-state index in [0.29, 0.717) is 55.3 Å². The second-order valence-electron chi connectivity index (χ2n) is 13.2. The van der Waals surface area contributed by atoms with E-state index in [2.05, 4.69) is 0 Å². The zero-order valence-corrected chi connectivity index (χ0v) is 28.6. The standard InChI is InChI=1S/C35H47F2N5O6/c1-7-45-35(46-8-2)14-15-41(33(43)48-34(4,5)6)21-28(35)31(38)39-32-27-20-26(47-22(3)23-17-24(36)19-25(37)18-23)12-13-29(27)42(40-32)30-11-9-10-16-44-30/h12-13,17-20,22,28,30H,7-11,14-16,21H2,1-6H3,(H2,38,39,40). The Morgan fingerprint density at radius 2 is 1.83 bits per heavy atom. The summed E-state index contributed by atoms with van der Waals surface area (Å²) in [5.41, 5.74) is 7.28. The predicted octanol–water partition coefficient (Wildman–Crippen LogP) is 7.17. The molecule has 0 spiro atoms. The number of aliphatic imine (C=N–C) groups is 1. The van der Waals surface area contributed by atoms with Gasteiger partial charge < -0.3 is 34.3 Å².